The number of hydrogen-bond acceptors (Lipinski definition) is 6. The summed E-state index contributed by atoms with van der Waals surface area (Å²) in [6.45, 7) is 2.31. The number of benzene rings is 2. The van der Waals surface area contributed by atoms with Gasteiger partial charge in [-0.15, -0.1) is 24.8 Å². The van der Waals surface area contributed by atoms with Gasteiger partial charge in [0.05, 0.1) is 10.0 Å². The van der Waals surface area contributed by atoms with Gasteiger partial charge in [-0.25, -0.2) is 0 Å². The van der Waals surface area contributed by atoms with Crippen LogP contribution < -0.4 is 10.5 Å². The summed E-state index contributed by atoms with van der Waals surface area (Å²) in [5, 5.41) is 28.7. The number of carboxylic acid groups (broad SMARTS) is 1. The van der Waals surface area contributed by atoms with Gasteiger partial charge in [-0.2, -0.15) is 0 Å². The Morgan fingerprint density at radius 1 is 1.03 bits per heavy atom. The van der Waals surface area contributed by atoms with Crippen LogP contribution >= 0.6 is 48.0 Å². The number of carbonyl (C=O) groups is 1. The smallest absolute Gasteiger partial charge is 0.451 e. The number of aliphatic carboxylic acids is 1. The fourth-order valence-corrected chi connectivity index (χ4v) is 4.72. The molecule has 0 aliphatic carbocycles. The lowest BCUT2D eigenvalue weighted by Crippen LogP contribution is -2.56. The van der Waals surface area contributed by atoms with Gasteiger partial charge in [0.1, 0.15) is 17.0 Å². The Bertz CT molecular complexity index is 962. The van der Waals surface area contributed by atoms with E-state index in [0.29, 0.717) is 53.6 Å². The van der Waals surface area contributed by atoms with Gasteiger partial charge in [0.25, 0.3) is 0 Å². The SMILES string of the molecule is Cl.Cl.NC(CCCCB(O)O)(C(=O)O)C1CCN(Cc2ccc(Oc3ccc(Cl)c(Cl)c3)cc2)CC1. The Hall–Kier alpha value is -1.23. The zero-order valence-electron chi connectivity index (χ0n) is 19.8. The molecular formula is C24H33BCl4N2O5. The molecule has 1 atom stereocenters. The molecule has 1 aliphatic rings. The van der Waals surface area contributed by atoms with Crippen molar-refractivity contribution < 1.29 is 24.7 Å². The van der Waals surface area contributed by atoms with Crippen molar-refractivity contribution in [3.05, 3.63) is 58.1 Å². The Kier molecular flexibility index (Phi) is 13.9. The third-order valence-corrected chi connectivity index (χ3v) is 7.21. The van der Waals surface area contributed by atoms with Gasteiger partial charge in [0, 0.05) is 12.6 Å². The summed E-state index contributed by atoms with van der Waals surface area (Å²) in [6.07, 6.45) is 3.07. The second-order valence-corrected chi connectivity index (χ2v) is 9.76. The molecule has 3 rings (SSSR count). The number of unbranched alkanes of at least 4 members (excludes halogenated alkanes) is 1. The van der Waals surface area contributed by atoms with Crippen LogP contribution in [0.4, 0.5) is 0 Å². The maximum absolute atomic E-state index is 12.0. The van der Waals surface area contributed by atoms with E-state index in [2.05, 4.69) is 4.90 Å². The minimum Gasteiger partial charge on any atom is -0.480 e. The lowest BCUT2D eigenvalue weighted by atomic mass is 9.74. The van der Waals surface area contributed by atoms with E-state index < -0.39 is 18.6 Å². The highest BCUT2D eigenvalue weighted by molar-refractivity contribution is 6.42. The van der Waals surface area contributed by atoms with E-state index >= 15 is 0 Å². The van der Waals surface area contributed by atoms with E-state index in [1.54, 1.807) is 18.2 Å². The lowest BCUT2D eigenvalue weighted by molar-refractivity contribution is -0.147. The number of likely N-dealkylation sites (tertiary alicyclic amines) is 1. The largest absolute Gasteiger partial charge is 0.480 e. The highest BCUT2D eigenvalue weighted by atomic mass is 35.5. The average Bonchev–Trinajstić information content (AvgIpc) is 2.80. The number of rotatable bonds is 11. The topological polar surface area (TPSA) is 116 Å². The molecule has 2 aromatic rings. The monoisotopic (exact) mass is 580 g/mol. The molecule has 7 nitrogen and oxygen atoms in total. The molecule has 0 saturated carbocycles. The maximum Gasteiger partial charge on any atom is 0.451 e. The second-order valence-electron chi connectivity index (χ2n) is 8.94. The summed E-state index contributed by atoms with van der Waals surface area (Å²) in [7, 11) is -1.36. The number of carboxylic acids is 1. The summed E-state index contributed by atoms with van der Waals surface area (Å²) in [4.78, 5) is 14.3. The van der Waals surface area contributed by atoms with Crippen LogP contribution in [0, 0.1) is 5.92 Å². The van der Waals surface area contributed by atoms with E-state index in [0.717, 1.165) is 25.2 Å². The van der Waals surface area contributed by atoms with Crippen molar-refractivity contribution in [1.82, 2.24) is 4.90 Å². The molecule has 0 aromatic heterocycles. The van der Waals surface area contributed by atoms with Gasteiger partial charge in [-0.1, -0.05) is 48.2 Å². The van der Waals surface area contributed by atoms with Crippen molar-refractivity contribution in [1.29, 1.82) is 0 Å². The number of piperidine rings is 1. The minimum absolute atomic E-state index is 0. The lowest BCUT2D eigenvalue weighted by Gasteiger charge is -2.40. The van der Waals surface area contributed by atoms with E-state index in [-0.39, 0.29) is 37.1 Å². The van der Waals surface area contributed by atoms with Crippen molar-refractivity contribution in [3.8, 4) is 11.5 Å². The zero-order valence-corrected chi connectivity index (χ0v) is 23.0. The van der Waals surface area contributed by atoms with Gasteiger partial charge in [-0.3, -0.25) is 9.69 Å². The Balaban J connectivity index is 0.00000324. The number of hydrogen-bond donors (Lipinski definition) is 4. The first-order valence-corrected chi connectivity index (χ1v) is 12.3. The van der Waals surface area contributed by atoms with Gasteiger partial charge < -0.3 is 25.6 Å². The predicted molar refractivity (Wildman–Crippen MR) is 149 cm³/mol. The molecule has 200 valence electrons. The van der Waals surface area contributed by atoms with Gasteiger partial charge >= 0.3 is 13.1 Å². The fraction of sp³-hybridized carbons (Fsp3) is 0.458. The van der Waals surface area contributed by atoms with Crippen LogP contribution in [-0.2, 0) is 11.3 Å². The van der Waals surface area contributed by atoms with Gasteiger partial charge in [-0.05, 0) is 74.4 Å². The van der Waals surface area contributed by atoms with E-state index in [1.165, 1.54) is 0 Å². The number of nitrogens with zero attached hydrogens (tertiary/aromatic N) is 1. The van der Waals surface area contributed by atoms with E-state index in [4.69, 9.17) is 43.7 Å². The summed E-state index contributed by atoms with van der Waals surface area (Å²) in [5.41, 5.74) is 6.21. The van der Waals surface area contributed by atoms with Gasteiger partial charge in [0.2, 0.25) is 0 Å². The minimum atomic E-state index is -1.36. The van der Waals surface area contributed by atoms with Crippen molar-refractivity contribution >= 4 is 61.1 Å². The standard InChI is InChI=1S/C24H31BCl2N2O5.2ClH/c26-21-8-7-20(15-22(21)27)34-19-5-3-17(4-6-19)16-29-13-9-18(10-14-29)24(28,23(30)31)11-1-2-12-25(32)33;;/h3-8,15,18,32-33H,1-2,9-14,16,28H2,(H,30,31);2*1H. The van der Waals surface area contributed by atoms with Crippen molar-refractivity contribution in [2.75, 3.05) is 13.1 Å². The molecular weight excluding hydrogens is 549 g/mol. The molecule has 12 heteroatoms. The summed E-state index contributed by atoms with van der Waals surface area (Å²) in [6, 6.07) is 13.0. The van der Waals surface area contributed by atoms with Crippen LogP contribution in [0.1, 0.15) is 37.7 Å². The zero-order chi connectivity index (χ0) is 24.7. The molecule has 1 unspecified atom stereocenters. The highest BCUT2D eigenvalue weighted by Gasteiger charge is 2.42. The molecule has 36 heavy (non-hydrogen) atoms. The molecule has 1 aliphatic heterocycles. The van der Waals surface area contributed by atoms with Crippen molar-refractivity contribution in [2.24, 2.45) is 11.7 Å². The fourth-order valence-electron chi connectivity index (χ4n) is 4.43. The molecule has 1 heterocycles. The third kappa shape index (κ3) is 9.26. The average molecular weight is 582 g/mol. The molecule has 5 N–H and O–H groups in total. The Morgan fingerprint density at radius 2 is 1.64 bits per heavy atom. The molecule has 0 bridgehead atoms. The van der Waals surface area contributed by atoms with Crippen LogP contribution in [0.3, 0.4) is 0 Å². The molecule has 1 fully saturated rings. The normalized spacial score (nSPS) is 15.8. The van der Waals surface area contributed by atoms with Crippen LogP contribution in [0.25, 0.3) is 0 Å². The molecule has 2 aromatic carbocycles. The first-order valence-electron chi connectivity index (χ1n) is 11.5. The van der Waals surface area contributed by atoms with Crippen LogP contribution in [-0.4, -0.2) is 51.8 Å². The number of nitrogens with two attached hydrogens (primary N) is 1. The van der Waals surface area contributed by atoms with Crippen LogP contribution in [0.5, 0.6) is 11.5 Å². The predicted octanol–water partition coefficient (Wildman–Crippen LogP) is 5.27. The molecule has 1 saturated heterocycles. The maximum atomic E-state index is 12.0. The molecule has 0 radical (unpaired) electrons. The third-order valence-electron chi connectivity index (χ3n) is 6.47. The van der Waals surface area contributed by atoms with Crippen molar-refractivity contribution in [2.45, 2.75) is 50.5 Å². The first-order chi connectivity index (χ1) is 16.2. The second kappa shape index (κ2) is 15.3. The quantitative estimate of drug-likeness (QED) is 0.211. The summed E-state index contributed by atoms with van der Waals surface area (Å²) < 4.78 is 5.83. The van der Waals surface area contributed by atoms with Crippen molar-refractivity contribution in [3.63, 3.8) is 0 Å². The Labute approximate surface area is 234 Å². The molecule has 0 amide bonds. The number of ether oxygens (including phenoxy) is 1. The first kappa shape index (κ1) is 32.8. The summed E-state index contributed by atoms with van der Waals surface area (Å²) in [5.74, 6) is 0.222. The molecule has 0 spiro atoms. The van der Waals surface area contributed by atoms with E-state index in [1.807, 2.05) is 24.3 Å². The van der Waals surface area contributed by atoms with Crippen LogP contribution in [0.2, 0.25) is 16.4 Å². The van der Waals surface area contributed by atoms with Gasteiger partial charge in [0.15, 0.2) is 0 Å². The van der Waals surface area contributed by atoms with Crippen LogP contribution in [0.15, 0.2) is 42.5 Å². The van der Waals surface area contributed by atoms with E-state index in [9.17, 15) is 9.90 Å². The Morgan fingerprint density at radius 3 is 2.19 bits per heavy atom. The number of halogens is 4. The highest BCUT2D eigenvalue weighted by Crippen LogP contribution is 2.33. The summed E-state index contributed by atoms with van der Waals surface area (Å²) >= 11 is 12.0.